The normalized spacial score (nSPS) is 16.2. The average Bonchev–Trinajstić information content (AvgIpc) is 1.67. The van der Waals surface area contributed by atoms with Gasteiger partial charge in [0, 0.05) is 6.15 Å². The van der Waals surface area contributed by atoms with Gasteiger partial charge >= 0.3 is 0 Å². The van der Waals surface area contributed by atoms with Gasteiger partial charge in [0.15, 0.2) is 0 Å². The second kappa shape index (κ2) is 4.03. The highest BCUT2D eigenvalue weighted by atomic mass is 14.4. The lowest BCUT2D eigenvalue weighted by atomic mass is 8.92. The summed E-state index contributed by atoms with van der Waals surface area (Å²) in [5, 5.41) is 1.31. The molecule has 17 heavy (non-hydrogen) atoms. The summed E-state index contributed by atoms with van der Waals surface area (Å²) in [7, 11) is 0. The molecule has 0 unspecified atom stereocenters. The Morgan fingerprint density at radius 1 is 0.353 bits per heavy atom. The Bertz CT molecular complexity index is 198. The van der Waals surface area contributed by atoms with Crippen molar-refractivity contribution in [3.63, 3.8) is 0 Å². The van der Waals surface area contributed by atoms with E-state index in [-0.39, 0.29) is 0 Å². The van der Waals surface area contributed by atoms with E-state index in [9.17, 15) is 0 Å². The third-order valence-electron chi connectivity index (χ3n) is 5.20. The van der Waals surface area contributed by atoms with Gasteiger partial charge in [-0.05, 0) is 0 Å². The van der Waals surface area contributed by atoms with Crippen molar-refractivity contribution in [2.24, 2.45) is 0 Å². The van der Waals surface area contributed by atoms with Gasteiger partial charge in [-0.15, -0.1) is 0 Å². The predicted molar refractivity (Wildman–Crippen MR) is 84.6 cm³/mol. The van der Waals surface area contributed by atoms with Crippen LogP contribution in [-0.4, -0.2) is 6.15 Å². The highest BCUT2D eigenvalue weighted by Gasteiger charge is 2.56. The maximum atomic E-state index is 2.44. The first-order valence-corrected chi connectivity index (χ1v) is 7.15. The van der Waals surface area contributed by atoms with Gasteiger partial charge in [0.05, 0.1) is 0 Å². The topological polar surface area (TPSA) is 0 Å². The molecule has 0 aromatic heterocycles. The van der Waals surface area contributed by atoms with E-state index in [0.717, 1.165) is 0 Å². The van der Waals surface area contributed by atoms with Gasteiger partial charge in [-0.2, -0.15) is 21.3 Å². The lowest BCUT2D eigenvalue weighted by Crippen LogP contribution is -2.63. The molecule has 0 heterocycles. The van der Waals surface area contributed by atoms with Crippen LogP contribution >= 0.6 is 0 Å². The van der Waals surface area contributed by atoms with E-state index in [1.54, 1.807) is 0 Å². The van der Waals surface area contributed by atoms with Crippen molar-refractivity contribution in [2.45, 2.75) is 104 Å². The van der Waals surface area contributed by atoms with Crippen LogP contribution in [0, 0.1) is 0 Å². The second-order valence-electron chi connectivity index (χ2n) is 10.3. The largest absolute Gasteiger partial charge is 0.162 e. The van der Waals surface area contributed by atoms with Crippen molar-refractivity contribution in [3.8, 4) is 0 Å². The summed E-state index contributed by atoms with van der Waals surface area (Å²) in [5.74, 6) is 0. The summed E-state index contributed by atoms with van der Waals surface area (Å²) in [6.07, 6.45) is -0.583. The minimum Gasteiger partial charge on any atom is -0.162 e. The van der Waals surface area contributed by atoms with Crippen molar-refractivity contribution in [1.29, 1.82) is 0 Å². The Kier molecular flexibility index (Phi) is 4.05. The smallest absolute Gasteiger partial charge is 0.0217 e. The molecule has 0 spiro atoms. The van der Waals surface area contributed by atoms with Crippen LogP contribution in [0.5, 0.6) is 0 Å². The summed E-state index contributed by atoms with van der Waals surface area (Å²) in [5.41, 5.74) is 0. The highest BCUT2D eigenvalue weighted by Crippen LogP contribution is 2.70. The van der Waals surface area contributed by atoms with Crippen LogP contribution in [0.25, 0.3) is 0 Å². The second-order valence-corrected chi connectivity index (χ2v) is 10.3. The lowest BCUT2D eigenvalue weighted by molar-refractivity contribution is 0.467. The molecule has 0 aromatic carbocycles. The van der Waals surface area contributed by atoms with Crippen molar-refractivity contribution in [1.82, 2.24) is 0 Å². The molecule has 0 amide bonds. The number of hydrogen-bond acceptors (Lipinski definition) is 0. The van der Waals surface area contributed by atoms with Crippen molar-refractivity contribution < 1.29 is 0 Å². The summed E-state index contributed by atoms with van der Waals surface area (Å²) in [6.45, 7) is 29.3. The molecule has 104 valence electrons. The minimum absolute atomic E-state index is 0.328. The van der Waals surface area contributed by atoms with Gasteiger partial charge in [-0.1, -0.05) is 83.1 Å². The van der Waals surface area contributed by atoms with Gasteiger partial charge < -0.3 is 0 Å². The van der Waals surface area contributed by atoms with Gasteiger partial charge in [-0.3, -0.25) is 0 Å². The molecule has 0 atom stereocenters. The van der Waals surface area contributed by atoms with Crippen LogP contribution in [0.2, 0.25) is 21.3 Å². The Labute approximate surface area is 111 Å². The maximum absolute atomic E-state index is 2.44. The molecule has 0 rings (SSSR count). The summed E-state index contributed by atoms with van der Waals surface area (Å²) < 4.78 is 0. The summed E-state index contributed by atoms with van der Waals surface area (Å²) in [4.78, 5) is 0. The molecule has 0 fully saturated rings. The van der Waals surface area contributed by atoms with Gasteiger partial charge in [0.2, 0.25) is 0 Å². The first-order valence-electron chi connectivity index (χ1n) is 7.15. The fourth-order valence-electron chi connectivity index (χ4n) is 7.79. The molecule has 0 aliphatic carbocycles. The van der Waals surface area contributed by atoms with Crippen molar-refractivity contribution in [2.75, 3.05) is 0 Å². The predicted octanol–water partition coefficient (Wildman–Crippen LogP) is 6.64. The van der Waals surface area contributed by atoms with Crippen LogP contribution in [0.1, 0.15) is 83.1 Å². The first kappa shape index (κ1) is 17.1. The first-order chi connectivity index (χ1) is 7.00. The minimum atomic E-state index is -0.583. The van der Waals surface area contributed by atoms with Crippen LogP contribution in [0.4, 0.5) is 0 Å². The quantitative estimate of drug-likeness (QED) is 0.416. The van der Waals surface area contributed by atoms with E-state index >= 15 is 0 Å². The highest BCUT2D eigenvalue weighted by molar-refractivity contribution is 6.90. The Balaban J connectivity index is 6.37. The maximum Gasteiger partial charge on any atom is 0.0217 e. The number of rotatable bonds is 0. The van der Waals surface area contributed by atoms with Gasteiger partial charge in [-0.25, -0.2) is 0 Å². The van der Waals surface area contributed by atoms with E-state index in [1.807, 2.05) is 0 Å². The summed E-state index contributed by atoms with van der Waals surface area (Å²) >= 11 is 0. The van der Waals surface area contributed by atoms with E-state index in [1.165, 1.54) is 0 Å². The molecule has 1 heteroatoms. The zero-order chi connectivity index (χ0) is 14.5. The molecule has 0 N–H and O–H groups in total. The van der Waals surface area contributed by atoms with Gasteiger partial charge in [0.25, 0.3) is 0 Å². The molecular weight excluding hydrogens is 203 g/mol. The van der Waals surface area contributed by atoms with Crippen LogP contribution < -0.4 is 0 Å². The fourth-order valence-corrected chi connectivity index (χ4v) is 7.79. The van der Waals surface area contributed by atoms with Crippen LogP contribution in [-0.2, 0) is 0 Å². The molecule has 0 nitrogen and oxygen atoms in total. The van der Waals surface area contributed by atoms with Crippen LogP contribution in [0.3, 0.4) is 0 Å². The molecular formula is C16H36B-. The van der Waals surface area contributed by atoms with Crippen LogP contribution in [0.15, 0.2) is 0 Å². The third-order valence-corrected chi connectivity index (χ3v) is 5.20. The molecule has 0 saturated heterocycles. The standard InChI is InChI=1S/C16H36B/c1-13(2,3)17(14(4,5)6,15(7,8)9)16(10,11)12/h1-12H3/q-1. The fraction of sp³-hybridized carbons (Fsp3) is 1.00. The van der Waals surface area contributed by atoms with Gasteiger partial charge in [0.1, 0.15) is 0 Å². The van der Waals surface area contributed by atoms with E-state index in [0.29, 0.717) is 21.3 Å². The van der Waals surface area contributed by atoms with E-state index in [2.05, 4.69) is 83.1 Å². The molecule has 0 radical (unpaired) electrons. The Hall–Kier alpha value is 0.0649. The Morgan fingerprint density at radius 3 is 0.471 bits per heavy atom. The van der Waals surface area contributed by atoms with Crippen molar-refractivity contribution in [3.05, 3.63) is 0 Å². The molecule has 0 bridgehead atoms. The number of hydrogen-bond donors (Lipinski definition) is 0. The van der Waals surface area contributed by atoms with Crippen molar-refractivity contribution >= 4 is 6.15 Å². The van der Waals surface area contributed by atoms with E-state index in [4.69, 9.17) is 0 Å². The zero-order valence-corrected chi connectivity index (χ0v) is 14.6. The monoisotopic (exact) mass is 239 g/mol. The molecule has 0 aliphatic rings. The molecule has 0 saturated carbocycles. The third kappa shape index (κ3) is 2.44. The zero-order valence-electron chi connectivity index (χ0n) is 14.6. The lowest BCUT2D eigenvalue weighted by Gasteiger charge is -2.74. The molecule has 0 aromatic rings. The summed E-state index contributed by atoms with van der Waals surface area (Å²) in [6, 6.07) is 0. The SMILES string of the molecule is CC(C)(C)[B-](C(C)(C)C)(C(C)(C)C)C(C)(C)C. The molecule has 0 aliphatic heterocycles. The van der Waals surface area contributed by atoms with E-state index < -0.39 is 6.15 Å². The Morgan fingerprint density at radius 2 is 0.471 bits per heavy atom. The average molecular weight is 239 g/mol.